The van der Waals surface area contributed by atoms with E-state index in [2.05, 4.69) is 19.9 Å². The number of carbonyl (C=O) groups excluding carboxylic acids is 1. The summed E-state index contributed by atoms with van der Waals surface area (Å²) in [6, 6.07) is 2.57. The second-order valence-corrected chi connectivity index (χ2v) is 8.03. The van der Waals surface area contributed by atoms with Crippen LogP contribution in [0.5, 0.6) is 0 Å². The summed E-state index contributed by atoms with van der Waals surface area (Å²) in [4.78, 5) is 29.3. The van der Waals surface area contributed by atoms with Crippen LogP contribution in [0.3, 0.4) is 0 Å². The molecule has 2 aliphatic heterocycles. The largest absolute Gasteiger partial charge is 0.446 e. The van der Waals surface area contributed by atoms with Crippen molar-refractivity contribution in [3.05, 3.63) is 18.6 Å². The van der Waals surface area contributed by atoms with Gasteiger partial charge in [-0.05, 0) is 51.0 Å². The Bertz CT molecular complexity index is 816. The van der Waals surface area contributed by atoms with E-state index in [-0.39, 0.29) is 18.2 Å². The number of carbonyl (C=O) groups is 1. The average molecular weight is 369 g/mol. The van der Waals surface area contributed by atoms with Crippen LogP contribution in [0.1, 0.15) is 51.4 Å². The van der Waals surface area contributed by atoms with E-state index in [0.717, 1.165) is 62.0 Å². The lowest BCUT2D eigenvalue weighted by Gasteiger charge is -2.40. The molecule has 7 nitrogen and oxygen atoms in total. The molecule has 0 bridgehead atoms. The fourth-order valence-electron chi connectivity index (χ4n) is 5.16. The molecule has 2 atom stereocenters. The lowest BCUT2D eigenvalue weighted by Crippen LogP contribution is -2.52. The number of likely N-dealkylation sites (tertiary alicyclic amines) is 1. The summed E-state index contributed by atoms with van der Waals surface area (Å²) in [5.41, 5.74) is 0.868. The quantitative estimate of drug-likeness (QED) is 0.877. The second-order valence-electron chi connectivity index (χ2n) is 8.03. The SMILES string of the molecule is O=C(OC1CCCCC1)N1CCC[C@@H]2[C@H]1CCN2c1ncnc2[nH]ccc12. The molecule has 1 aliphatic carbocycles. The van der Waals surface area contributed by atoms with E-state index < -0.39 is 0 Å². The maximum Gasteiger partial charge on any atom is 0.410 e. The maximum absolute atomic E-state index is 12.9. The zero-order chi connectivity index (χ0) is 18.2. The highest BCUT2D eigenvalue weighted by Gasteiger charge is 2.44. The minimum absolute atomic E-state index is 0.104. The van der Waals surface area contributed by atoms with Gasteiger partial charge in [0.15, 0.2) is 0 Å². The number of anilines is 1. The first-order valence-corrected chi connectivity index (χ1v) is 10.3. The Hall–Kier alpha value is -2.31. The number of rotatable bonds is 2. The van der Waals surface area contributed by atoms with Crippen LogP contribution in [0.15, 0.2) is 18.6 Å². The molecule has 4 heterocycles. The number of H-pyrrole nitrogens is 1. The minimum atomic E-state index is -0.104. The molecule has 0 unspecified atom stereocenters. The van der Waals surface area contributed by atoms with Crippen LogP contribution in [-0.2, 0) is 4.74 Å². The normalized spacial score (nSPS) is 26.4. The molecule has 27 heavy (non-hydrogen) atoms. The van der Waals surface area contributed by atoms with Crippen molar-refractivity contribution in [3.8, 4) is 0 Å². The third-order valence-electron chi connectivity index (χ3n) is 6.47. The van der Waals surface area contributed by atoms with Gasteiger partial charge in [0.1, 0.15) is 23.9 Å². The van der Waals surface area contributed by atoms with E-state index in [4.69, 9.17) is 4.74 Å². The molecule has 5 rings (SSSR count). The van der Waals surface area contributed by atoms with Gasteiger partial charge in [0, 0.05) is 19.3 Å². The smallest absolute Gasteiger partial charge is 0.410 e. The molecular weight excluding hydrogens is 342 g/mol. The summed E-state index contributed by atoms with van der Waals surface area (Å²) in [6.45, 7) is 1.73. The van der Waals surface area contributed by atoms with Crippen LogP contribution >= 0.6 is 0 Å². The van der Waals surface area contributed by atoms with E-state index in [1.165, 1.54) is 19.3 Å². The molecule has 0 radical (unpaired) electrons. The Labute approximate surface area is 159 Å². The summed E-state index contributed by atoms with van der Waals surface area (Å²) >= 11 is 0. The van der Waals surface area contributed by atoms with Crippen molar-refractivity contribution in [2.75, 3.05) is 18.0 Å². The van der Waals surface area contributed by atoms with Gasteiger partial charge in [0.2, 0.25) is 0 Å². The molecule has 3 fully saturated rings. The highest BCUT2D eigenvalue weighted by Crippen LogP contribution is 2.36. The number of ether oxygens (including phenoxy) is 1. The Balaban J connectivity index is 1.34. The van der Waals surface area contributed by atoms with Crippen molar-refractivity contribution >= 4 is 22.9 Å². The van der Waals surface area contributed by atoms with Gasteiger partial charge in [0.05, 0.1) is 17.5 Å². The van der Waals surface area contributed by atoms with Crippen molar-refractivity contribution in [3.63, 3.8) is 0 Å². The first kappa shape index (κ1) is 16.8. The monoisotopic (exact) mass is 369 g/mol. The van der Waals surface area contributed by atoms with Crippen molar-refractivity contribution in [1.29, 1.82) is 0 Å². The number of nitrogens with zero attached hydrogens (tertiary/aromatic N) is 4. The molecule has 1 saturated carbocycles. The Morgan fingerprint density at radius 1 is 1.04 bits per heavy atom. The van der Waals surface area contributed by atoms with E-state index in [0.29, 0.717) is 6.04 Å². The first-order valence-electron chi connectivity index (χ1n) is 10.3. The summed E-state index contributed by atoms with van der Waals surface area (Å²) in [6.07, 6.45) is 12.3. The van der Waals surface area contributed by atoms with Crippen LogP contribution in [0.4, 0.5) is 10.6 Å². The van der Waals surface area contributed by atoms with E-state index in [1.807, 2.05) is 17.2 Å². The molecule has 144 valence electrons. The number of nitrogens with one attached hydrogen (secondary N) is 1. The van der Waals surface area contributed by atoms with Crippen molar-refractivity contribution in [2.24, 2.45) is 0 Å². The van der Waals surface area contributed by atoms with Gasteiger partial charge >= 0.3 is 6.09 Å². The number of hydrogen-bond donors (Lipinski definition) is 1. The molecule has 0 spiro atoms. The first-order chi connectivity index (χ1) is 13.3. The van der Waals surface area contributed by atoms with E-state index in [1.54, 1.807) is 6.33 Å². The number of aromatic amines is 1. The van der Waals surface area contributed by atoms with Crippen molar-refractivity contribution in [1.82, 2.24) is 19.9 Å². The number of piperidine rings is 1. The third kappa shape index (κ3) is 3.03. The van der Waals surface area contributed by atoms with E-state index in [9.17, 15) is 4.79 Å². The predicted molar refractivity (Wildman–Crippen MR) is 103 cm³/mol. The molecule has 2 aromatic rings. The highest BCUT2D eigenvalue weighted by molar-refractivity contribution is 5.87. The van der Waals surface area contributed by atoms with Gasteiger partial charge in [-0.3, -0.25) is 0 Å². The van der Waals surface area contributed by atoms with Gasteiger partial charge in [-0.1, -0.05) is 6.42 Å². The second kappa shape index (κ2) is 7.02. The zero-order valence-corrected chi connectivity index (χ0v) is 15.6. The number of aromatic nitrogens is 3. The summed E-state index contributed by atoms with van der Waals surface area (Å²) in [7, 11) is 0. The number of hydrogen-bond acceptors (Lipinski definition) is 5. The molecule has 3 aliphatic rings. The van der Waals surface area contributed by atoms with Crippen molar-refractivity contribution in [2.45, 2.75) is 69.6 Å². The fourth-order valence-corrected chi connectivity index (χ4v) is 5.16. The zero-order valence-electron chi connectivity index (χ0n) is 15.6. The van der Waals surface area contributed by atoms with Crippen LogP contribution in [0, 0.1) is 0 Å². The van der Waals surface area contributed by atoms with Gasteiger partial charge in [-0.2, -0.15) is 0 Å². The van der Waals surface area contributed by atoms with Gasteiger partial charge < -0.3 is 19.5 Å². The third-order valence-corrected chi connectivity index (χ3v) is 6.47. The predicted octanol–water partition coefficient (Wildman–Crippen LogP) is 3.47. The van der Waals surface area contributed by atoms with Crippen LogP contribution in [0.2, 0.25) is 0 Å². The van der Waals surface area contributed by atoms with Crippen LogP contribution in [0.25, 0.3) is 11.0 Å². The van der Waals surface area contributed by atoms with Crippen LogP contribution in [-0.4, -0.2) is 57.2 Å². The lowest BCUT2D eigenvalue weighted by atomic mass is 9.96. The molecule has 7 heteroatoms. The van der Waals surface area contributed by atoms with Crippen LogP contribution < -0.4 is 4.90 Å². The molecule has 2 saturated heterocycles. The number of fused-ring (bicyclic) bond motifs is 2. The Kier molecular flexibility index (Phi) is 4.38. The molecule has 2 aromatic heterocycles. The molecule has 1 N–H and O–H groups in total. The standard InChI is InChI=1S/C20H27N5O2/c26-20(27-14-5-2-1-3-6-14)25-11-4-7-16-17(25)9-12-24(16)19-15-8-10-21-18(15)22-13-23-19/h8,10,13-14,16-17H,1-7,9,11-12H2,(H,21,22,23)/t16-,17-/m1/s1. The lowest BCUT2D eigenvalue weighted by molar-refractivity contribution is 0.0279. The Morgan fingerprint density at radius 3 is 2.81 bits per heavy atom. The fraction of sp³-hybridized carbons (Fsp3) is 0.650. The maximum atomic E-state index is 12.9. The molecule has 0 aromatic carbocycles. The Morgan fingerprint density at radius 2 is 1.93 bits per heavy atom. The minimum Gasteiger partial charge on any atom is -0.446 e. The molecule has 1 amide bonds. The summed E-state index contributed by atoms with van der Waals surface area (Å²) in [5.74, 6) is 0.983. The average Bonchev–Trinajstić information content (AvgIpc) is 3.35. The van der Waals surface area contributed by atoms with Gasteiger partial charge in [-0.15, -0.1) is 0 Å². The summed E-state index contributed by atoms with van der Waals surface area (Å²) < 4.78 is 5.88. The number of amides is 1. The topological polar surface area (TPSA) is 74.3 Å². The molecular formula is C20H27N5O2. The van der Waals surface area contributed by atoms with Crippen molar-refractivity contribution < 1.29 is 9.53 Å². The van der Waals surface area contributed by atoms with E-state index >= 15 is 0 Å². The summed E-state index contributed by atoms with van der Waals surface area (Å²) in [5, 5.41) is 1.06. The van der Waals surface area contributed by atoms with Gasteiger partial charge in [0.25, 0.3) is 0 Å². The van der Waals surface area contributed by atoms with Gasteiger partial charge in [-0.25, -0.2) is 14.8 Å². The highest BCUT2D eigenvalue weighted by atomic mass is 16.6.